The van der Waals surface area contributed by atoms with Gasteiger partial charge in [0.05, 0.1) is 0 Å². The fourth-order valence-corrected chi connectivity index (χ4v) is 20.0. The third-order valence-electron chi connectivity index (χ3n) is 25.6. The Balaban J connectivity index is 0.000000139. The van der Waals surface area contributed by atoms with E-state index in [4.69, 9.17) is 0 Å². The zero-order valence-electron chi connectivity index (χ0n) is 64.9. The van der Waals surface area contributed by atoms with Crippen LogP contribution in [0.3, 0.4) is 0 Å². The summed E-state index contributed by atoms with van der Waals surface area (Å²) in [7, 11) is 0. The Morgan fingerprint density at radius 1 is 0.128 bits per heavy atom. The molecule has 23 aromatic rings. The second-order valence-corrected chi connectivity index (χ2v) is 32.4. The van der Waals surface area contributed by atoms with Crippen molar-refractivity contribution in [3.05, 3.63) is 436 Å². The van der Waals surface area contributed by atoms with E-state index in [9.17, 15) is 0 Å². The Hall–Kier alpha value is -14.8. The van der Waals surface area contributed by atoms with Crippen molar-refractivity contribution in [1.82, 2.24) is 0 Å². The van der Waals surface area contributed by atoms with Crippen LogP contribution in [-0.4, -0.2) is 0 Å². The van der Waals surface area contributed by atoms with Crippen LogP contribution in [0, 0.1) is 0 Å². The van der Waals surface area contributed by atoms with Gasteiger partial charge in [-0.2, -0.15) is 0 Å². The van der Waals surface area contributed by atoms with Gasteiger partial charge in [0, 0.05) is 5.41 Å². The third-order valence-corrected chi connectivity index (χ3v) is 25.6. The molecule has 1 aliphatic carbocycles. The second kappa shape index (κ2) is 27.2. The van der Waals surface area contributed by atoms with Crippen LogP contribution in [0.4, 0.5) is 0 Å². The van der Waals surface area contributed by atoms with Gasteiger partial charge in [-0.25, -0.2) is 0 Å². The highest BCUT2D eigenvalue weighted by molar-refractivity contribution is 6.29. The van der Waals surface area contributed by atoms with Crippen molar-refractivity contribution in [1.29, 1.82) is 0 Å². The van der Waals surface area contributed by atoms with Crippen LogP contribution >= 0.6 is 0 Å². The molecule has 1 aliphatic rings. The van der Waals surface area contributed by atoms with Crippen LogP contribution in [0.2, 0.25) is 0 Å². The summed E-state index contributed by atoms with van der Waals surface area (Å²) in [6.45, 7) is 4.70. The summed E-state index contributed by atoms with van der Waals surface area (Å²) in [6.07, 6.45) is 0. The summed E-state index contributed by atoms with van der Waals surface area (Å²) in [6, 6.07) is 158. The van der Waals surface area contributed by atoms with Gasteiger partial charge in [-0.15, -0.1) is 0 Å². The lowest BCUT2D eigenvalue weighted by Crippen LogP contribution is -2.14. The largest absolute Gasteiger partial charge is 0.0619 e. The van der Waals surface area contributed by atoms with Gasteiger partial charge in [0.15, 0.2) is 0 Å². The van der Waals surface area contributed by atoms with Crippen LogP contribution < -0.4 is 0 Å². The molecule has 0 atom stereocenters. The molecule has 544 valence electrons. The van der Waals surface area contributed by atoms with Crippen molar-refractivity contribution < 1.29 is 0 Å². The molecule has 0 bridgehead atoms. The maximum atomic E-state index is 2.50. The molecule has 24 rings (SSSR count). The minimum atomic E-state index is -0.0222. The first-order chi connectivity index (χ1) is 57.8. The van der Waals surface area contributed by atoms with Crippen molar-refractivity contribution in [3.8, 4) is 100 Å². The minimum absolute atomic E-state index is 0.0222. The second-order valence-electron chi connectivity index (χ2n) is 32.4. The number of rotatable bonds is 8. The zero-order chi connectivity index (χ0) is 77.4. The fraction of sp³-hybridized carbons (Fsp3) is 0.0256. The average Bonchev–Trinajstić information content (AvgIpc) is 1.52. The van der Waals surface area contributed by atoms with Gasteiger partial charge in [0.1, 0.15) is 0 Å². The van der Waals surface area contributed by atoms with E-state index < -0.39 is 0 Å². The predicted octanol–water partition coefficient (Wildman–Crippen LogP) is 32.9. The van der Waals surface area contributed by atoms with Crippen LogP contribution in [0.15, 0.2) is 425 Å². The predicted molar refractivity (Wildman–Crippen MR) is 504 cm³/mol. The van der Waals surface area contributed by atoms with E-state index in [2.05, 4.69) is 438 Å². The molecule has 0 fully saturated rings. The monoisotopic (exact) mass is 1480 g/mol. The van der Waals surface area contributed by atoms with Crippen LogP contribution in [-0.2, 0) is 5.41 Å². The average molecular weight is 1480 g/mol. The maximum Gasteiger partial charge on any atom is 0.0159 e. The Morgan fingerprint density at radius 2 is 0.393 bits per heavy atom. The minimum Gasteiger partial charge on any atom is -0.0619 e. The molecule has 0 N–H and O–H groups in total. The first-order valence-corrected chi connectivity index (χ1v) is 40.9. The molecule has 0 aliphatic heterocycles. The van der Waals surface area contributed by atoms with Crippen LogP contribution in [0.25, 0.3) is 229 Å². The van der Waals surface area contributed by atoms with E-state index in [-0.39, 0.29) is 5.41 Å². The molecular formula is C117H76. The van der Waals surface area contributed by atoms with E-state index in [0.29, 0.717) is 0 Å². The summed E-state index contributed by atoms with van der Waals surface area (Å²) < 4.78 is 0. The standard InChI is InChI=1S/C62H38.C55H38/c1-3-17-41-35-44(31-29-39(41)15-1)59-50-23-9-10-24-51(50)61(45-32-30-40-16-2-4-18-42(40)36-45)58-38-46(33-34-56(58)59)60-52-25-11-13-27-54(52)62(55-28-14-12-26-53(55)60)57-37-43-19-5-6-20-47(43)48-21-7-8-22-49(48)57;1-55(2)51-18-10-9-15-45(51)46-29-27-42(34-52(46)55)38-21-19-37(20-22-38)41-28-30-49-50(33-41)54(44-26-24-36-12-4-6-14-40(36)32-44)48-17-8-7-16-47(48)53(49)43-25-23-35-11-3-5-13-39(35)31-43/h1-38H;3-34H,1-2H3. The molecule has 0 spiro atoms. The first kappa shape index (κ1) is 67.8. The van der Waals surface area contributed by atoms with Gasteiger partial charge in [0.2, 0.25) is 0 Å². The van der Waals surface area contributed by atoms with Gasteiger partial charge in [-0.3, -0.25) is 0 Å². The molecule has 0 saturated carbocycles. The van der Waals surface area contributed by atoms with E-state index in [1.165, 1.54) is 241 Å². The Labute approximate surface area is 679 Å². The van der Waals surface area contributed by atoms with Gasteiger partial charge in [-0.1, -0.05) is 390 Å². The van der Waals surface area contributed by atoms with Gasteiger partial charge >= 0.3 is 0 Å². The topological polar surface area (TPSA) is 0 Å². The quantitative estimate of drug-likeness (QED) is 0.105. The van der Waals surface area contributed by atoms with Gasteiger partial charge in [0.25, 0.3) is 0 Å². The van der Waals surface area contributed by atoms with Crippen molar-refractivity contribution >= 4 is 129 Å². The normalized spacial score (nSPS) is 12.4. The molecule has 0 heteroatoms. The Kier molecular flexibility index (Phi) is 15.8. The number of benzene rings is 23. The van der Waals surface area contributed by atoms with E-state index >= 15 is 0 Å². The number of fused-ring (bicyclic) bond motifs is 16. The molecule has 0 saturated heterocycles. The van der Waals surface area contributed by atoms with Gasteiger partial charge < -0.3 is 0 Å². The smallest absolute Gasteiger partial charge is 0.0159 e. The van der Waals surface area contributed by atoms with Crippen LogP contribution in [0.1, 0.15) is 25.0 Å². The van der Waals surface area contributed by atoms with Crippen molar-refractivity contribution in [2.24, 2.45) is 0 Å². The van der Waals surface area contributed by atoms with E-state index in [0.717, 1.165) is 0 Å². The van der Waals surface area contributed by atoms with Crippen LogP contribution in [0.5, 0.6) is 0 Å². The molecule has 0 radical (unpaired) electrons. The lowest BCUT2D eigenvalue weighted by Gasteiger charge is -2.22. The van der Waals surface area contributed by atoms with Crippen molar-refractivity contribution in [2.75, 3.05) is 0 Å². The lowest BCUT2D eigenvalue weighted by atomic mass is 9.81. The number of hydrogen-bond acceptors (Lipinski definition) is 0. The summed E-state index contributed by atoms with van der Waals surface area (Å²) in [4.78, 5) is 0. The molecule has 117 heavy (non-hydrogen) atoms. The maximum absolute atomic E-state index is 2.50. The molecular weight excluding hydrogens is 1410 g/mol. The highest BCUT2D eigenvalue weighted by Crippen LogP contribution is 2.54. The third kappa shape index (κ3) is 11.1. The van der Waals surface area contributed by atoms with Crippen molar-refractivity contribution in [3.63, 3.8) is 0 Å². The highest BCUT2D eigenvalue weighted by Gasteiger charge is 2.35. The molecule has 23 aromatic carbocycles. The number of hydrogen-bond donors (Lipinski definition) is 0. The van der Waals surface area contributed by atoms with Crippen molar-refractivity contribution in [2.45, 2.75) is 19.3 Å². The summed E-state index contributed by atoms with van der Waals surface area (Å²) in [5, 5.41) is 30.2. The molecule has 0 nitrogen and oxygen atoms in total. The Bertz CT molecular complexity index is 8030. The molecule has 0 heterocycles. The first-order valence-electron chi connectivity index (χ1n) is 40.9. The highest BCUT2D eigenvalue weighted by atomic mass is 14.4. The van der Waals surface area contributed by atoms with Gasteiger partial charge in [-0.05, 0) is 289 Å². The lowest BCUT2D eigenvalue weighted by molar-refractivity contribution is 0.660. The fourth-order valence-electron chi connectivity index (χ4n) is 20.0. The van der Waals surface area contributed by atoms with E-state index in [1.54, 1.807) is 0 Å². The molecule has 0 amide bonds. The Morgan fingerprint density at radius 3 is 0.821 bits per heavy atom. The molecule has 0 unspecified atom stereocenters. The summed E-state index contributed by atoms with van der Waals surface area (Å²) >= 11 is 0. The molecule has 0 aromatic heterocycles. The van der Waals surface area contributed by atoms with E-state index in [1.807, 2.05) is 0 Å². The SMILES string of the molecule is CC1(C)c2ccccc2-c2ccc(-c3ccc(-c4ccc5c(-c6ccc7ccccc7c6)c6ccccc6c(-c6ccc7ccccc7c6)c5c4)cc3)cc21.c1ccc2cc(-c3c4ccccc4c(-c4ccc5ccccc5c4)c4cc(-c5c6ccccc6c(-c6cc7ccccc7c7ccccc67)c6ccccc56)ccc34)ccc2c1. The summed E-state index contributed by atoms with van der Waals surface area (Å²) in [5.41, 5.74) is 25.5. The zero-order valence-corrected chi connectivity index (χ0v) is 64.9. The summed E-state index contributed by atoms with van der Waals surface area (Å²) in [5.74, 6) is 0.